The molecule has 0 amide bonds. The summed E-state index contributed by atoms with van der Waals surface area (Å²) < 4.78 is 0. The Morgan fingerprint density at radius 2 is 2.18 bits per heavy atom. The maximum Gasteiger partial charge on any atom is 0.105 e. The minimum Gasteiger partial charge on any atom is -0.300 e. The summed E-state index contributed by atoms with van der Waals surface area (Å²) >= 11 is 0. The van der Waals surface area contributed by atoms with E-state index >= 15 is 0 Å². The molecule has 1 heterocycles. The fourth-order valence-electron chi connectivity index (χ4n) is 3.19. The minimum atomic E-state index is -0.396. The van der Waals surface area contributed by atoms with Crippen molar-refractivity contribution in [3.8, 4) is 6.07 Å². The fraction of sp³-hybridized carbons (Fsp3) is 0.929. The van der Waals surface area contributed by atoms with Crippen LogP contribution < -0.4 is 5.32 Å². The van der Waals surface area contributed by atoms with Crippen LogP contribution in [0.25, 0.3) is 0 Å². The molecule has 0 aromatic rings. The first-order valence-corrected chi connectivity index (χ1v) is 6.78. The first kappa shape index (κ1) is 14.5. The number of nitrogens with zero attached hydrogens (tertiary/aromatic N) is 2. The van der Waals surface area contributed by atoms with E-state index in [-0.39, 0.29) is 0 Å². The maximum atomic E-state index is 9.31. The van der Waals surface area contributed by atoms with Crippen molar-refractivity contribution in [3.05, 3.63) is 0 Å². The summed E-state index contributed by atoms with van der Waals surface area (Å²) in [6.07, 6.45) is 3.43. The quantitative estimate of drug-likeness (QED) is 0.798. The topological polar surface area (TPSA) is 39.1 Å². The van der Waals surface area contributed by atoms with Crippen LogP contribution in [0.15, 0.2) is 0 Å². The number of nitriles is 1. The molecule has 17 heavy (non-hydrogen) atoms. The molecular formula is C14H27N3. The van der Waals surface area contributed by atoms with E-state index in [1.807, 2.05) is 6.92 Å². The van der Waals surface area contributed by atoms with Gasteiger partial charge >= 0.3 is 0 Å². The Labute approximate surface area is 106 Å². The van der Waals surface area contributed by atoms with Crippen LogP contribution >= 0.6 is 0 Å². The van der Waals surface area contributed by atoms with Crippen molar-refractivity contribution < 1.29 is 0 Å². The summed E-state index contributed by atoms with van der Waals surface area (Å²) in [6.45, 7) is 13.0. The molecule has 0 aliphatic carbocycles. The average Bonchev–Trinajstić information content (AvgIpc) is 2.58. The van der Waals surface area contributed by atoms with Crippen molar-refractivity contribution >= 4 is 0 Å². The van der Waals surface area contributed by atoms with Gasteiger partial charge in [0.15, 0.2) is 0 Å². The van der Waals surface area contributed by atoms with Crippen molar-refractivity contribution in [2.45, 2.75) is 71.0 Å². The summed E-state index contributed by atoms with van der Waals surface area (Å²) in [4.78, 5) is 2.56. The van der Waals surface area contributed by atoms with Gasteiger partial charge < -0.3 is 0 Å². The predicted molar refractivity (Wildman–Crippen MR) is 71.8 cm³/mol. The van der Waals surface area contributed by atoms with Crippen LogP contribution in [0.3, 0.4) is 0 Å². The molecule has 1 N–H and O–H groups in total. The molecule has 3 heteroatoms. The van der Waals surface area contributed by atoms with E-state index in [2.05, 4.69) is 44.0 Å². The second-order valence-corrected chi connectivity index (χ2v) is 6.14. The Kier molecular flexibility index (Phi) is 4.57. The van der Waals surface area contributed by atoms with E-state index in [0.717, 1.165) is 13.0 Å². The highest BCUT2D eigenvalue weighted by Gasteiger charge is 2.37. The molecule has 2 atom stereocenters. The first-order chi connectivity index (χ1) is 7.84. The summed E-state index contributed by atoms with van der Waals surface area (Å²) in [5.41, 5.74) is -0.102. The van der Waals surface area contributed by atoms with Gasteiger partial charge in [0.25, 0.3) is 0 Å². The molecule has 2 unspecified atom stereocenters. The molecule has 1 aliphatic rings. The van der Waals surface area contributed by atoms with Gasteiger partial charge in [-0.1, -0.05) is 6.92 Å². The third-order valence-electron chi connectivity index (χ3n) is 4.01. The summed E-state index contributed by atoms with van der Waals surface area (Å²) in [5, 5.41) is 12.6. The largest absolute Gasteiger partial charge is 0.300 e. The smallest absolute Gasteiger partial charge is 0.105 e. The van der Waals surface area contributed by atoms with Gasteiger partial charge in [0, 0.05) is 11.6 Å². The van der Waals surface area contributed by atoms with Gasteiger partial charge in [0.1, 0.15) is 5.54 Å². The molecule has 0 radical (unpaired) electrons. The normalized spacial score (nSPS) is 25.2. The highest BCUT2D eigenvalue weighted by atomic mass is 15.2. The molecule has 0 aromatic heterocycles. The molecule has 0 bridgehead atoms. The van der Waals surface area contributed by atoms with Crippen LogP contribution in [-0.2, 0) is 0 Å². The van der Waals surface area contributed by atoms with E-state index in [9.17, 15) is 5.26 Å². The second-order valence-electron chi connectivity index (χ2n) is 6.14. The zero-order valence-corrected chi connectivity index (χ0v) is 12.0. The zero-order chi connectivity index (χ0) is 13.1. The van der Waals surface area contributed by atoms with Crippen LogP contribution in [0.4, 0.5) is 0 Å². The van der Waals surface area contributed by atoms with E-state index in [1.54, 1.807) is 0 Å². The third kappa shape index (κ3) is 3.43. The minimum absolute atomic E-state index is 0.294. The van der Waals surface area contributed by atoms with Crippen molar-refractivity contribution in [1.82, 2.24) is 10.2 Å². The van der Waals surface area contributed by atoms with E-state index in [0.29, 0.717) is 11.6 Å². The van der Waals surface area contributed by atoms with Crippen LogP contribution in [0.1, 0.15) is 53.9 Å². The number of hydrogen-bond donors (Lipinski definition) is 1. The fourth-order valence-corrected chi connectivity index (χ4v) is 3.19. The van der Waals surface area contributed by atoms with Gasteiger partial charge in [-0.3, -0.25) is 10.2 Å². The Bertz CT molecular complexity index is 292. The maximum absolute atomic E-state index is 9.31. The summed E-state index contributed by atoms with van der Waals surface area (Å²) in [6, 6.07) is 2.88. The lowest BCUT2D eigenvalue weighted by molar-refractivity contribution is 0.106. The van der Waals surface area contributed by atoms with Gasteiger partial charge in [0.05, 0.1) is 6.07 Å². The number of hydrogen-bond acceptors (Lipinski definition) is 3. The van der Waals surface area contributed by atoms with Crippen molar-refractivity contribution in [2.75, 3.05) is 13.1 Å². The van der Waals surface area contributed by atoms with Gasteiger partial charge in [-0.2, -0.15) is 5.26 Å². The van der Waals surface area contributed by atoms with Gasteiger partial charge in [-0.05, 0) is 60.0 Å². The Morgan fingerprint density at radius 3 is 2.59 bits per heavy atom. The lowest BCUT2D eigenvalue weighted by atomic mass is 9.92. The Balaban J connectivity index is 2.65. The molecular weight excluding hydrogens is 210 g/mol. The van der Waals surface area contributed by atoms with E-state index < -0.39 is 5.54 Å². The lowest BCUT2D eigenvalue weighted by Crippen LogP contribution is -2.50. The van der Waals surface area contributed by atoms with E-state index in [1.165, 1.54) is 19.4 Å². The molecule has 3 nitrogen and oxygen atoms in total. The van der Waals surface area contributed by atoms with E-state index in [4.69, 9.17) is 0 Å². The second kappa shape index (κ2) is 5.37. The number of likely N-dealkylation sites (tertiary alicyclic amines) is 1. The molecule has 1 rings (SSSR count). The number of nitrogens with one attached hydrogen (secondary N) is 1. The van der Waals surface area contributed by atoms with Gasteiger partial charge in [-0.25, -0.2) is 0 Å². The highest BCUT2D eigenvalue weighted by Crippen LogP contribution is 2.32. The number of rotatable bonds is 5. The third-order valence-corrected chi connectivity index (χ3v) is 4.01. The SMILES string of the molecule is CCNC(C)(C#N)CC(C)N1CCCC1(C)C. The Hall–Kier alpha value is -0.590. The zero-order valence-electron chi connectivity index (χ0n) is 12.0. The van der Waals surface area contributed by atoms with Crippen LogP contribution in [0.2, 0.25) is 0 Å². The van der Waals surface area contributed by atoms with Crippen molar-refractivity contribution in [2.24, 2.45) is 0 Å². The van der Waals surface area contributed by atoms with Crippen molar-refractivity contribution in [3.63, 3.8) is 0 Å². The molecule has 1 aliphatic heterocycles. The monoisotopic (exact) mass is 237 g/mol. The molecule has 98 valence electrons. The van der Waals surface area contributed by atoms with Crippen molar-refractivity contribution in [1.29, 1.82) is 5.26 Å². The standard InChI is InChI=1S/C14H27N3/c1-6-16-14(5,11-15)10-12(2)17-9-7-8-13(17,3)4/h12,16H,6-10H2,1-5H3. The average molecular weight is 237 g/mol. The first-order valence-electron chi connectivity index (χ1n) is 6.78. The molecule has 1 fully saturated rings. The lowest BCUT2D eigenvalue weighted by Gasteiger charge is -2.39. The van der Waals surface area contributed by atoms with Crippen LogP contribution in [0, 0.1) is 11.3 Å². The van der Waals surface area contributed by atoms with Crippen LogP contribution in [-0.4, -0.2) is 35.1 Å². The van der Waals surface area contributed by atoms with Gasteiger partial charge in [-0.15, -0.1) is 0 Å². The molecule has 1 saturated heterocycles. The molecule has 0 saturated carbocycles. The summed E-state index contributed by atoms with van der Waals surface area (Å²) in [5.74, 6) is 0. The molecule has 0 aromatic carbocycles. The predicted octanol–water partition coefficient (Wildman–Crippen LogP) is 2.53. The highest BCUT2D eigenvalue weighted by molar-refractivity contribution is 5.06. The summed E-state index contributed by atoms with van der Waals surface area (Å²) in [7, 11) is 0. The van der Waals surface area contributed by atoms with Crippen LogP contribution in [0.5, 0.6) is 0 Å². The molecule has 0 spiro atoms. The van der Waals surface area contributed by atoms with Gasteiger partial charge in [0.2, 0.25) is 0 Å². The Morgan fingerprint density at radius 1 is 1.53 bits per heavy atom.